The van der Waals surface area contributed by atoms with E-state index in [0.29, 0.717) is 30.3 Å². The third-order valence-electron chi connectivity index (χ3n) is 5.02. The molecule has 0 aromatic heterocycles. The van der Waals surface area contributed by atoms with Crippen LogP contribution in [0.2, 0.25) is 0 Å². The van der Waals surface area contributed by atoms with E-state index in [4.69, 9.17) is 5.73 Å². The van der Waals surface area contributed by atoms with E-state index >= 15 is 0 Å². The summed E-state index contributed by atoms with van der Waals surface area (Å²) in [7, 11) is 0. The molecule has 0 aliphatic carbocycles. The third-order valence-corrected chi connectivity index (χ3v) is 5.02. The van der Waals surface area contributed by atoms with Crippen LogP contribution >= 0.6 is 0 Å². The summed E-state index contributed by atoms with van der Waals surface area (Å²) in [4.78, 5) is 17.2. The number of rotatable bonds is 5. The molecular weight excluding hydrogens is 250 g/mol. The van der Waals surface area contributed by atoms with Crippen LogP contribution < -0.4 is 5.73 Å². The van der Waals surface area contributed by atoms with Crippen LogP contribution in [0, 0.1) is 5.92 Å². The zero-order chi connectivity index (χ0) is 14.5. The van der Waals surface area contributed by atoms with Gasteiger partial charge in [0.05, 0.1) is 0 Å². The molecule has 0 aromatic rings. The Kier molecular flexibility index (Phi) is 5.85. The third kappa shape index (κ3) is 3.95. The molecule has 2 aliphatic heterocycles. The number of piperazine rings is 1. The van der Waals surface area contributed by atoms with Gasteiger partial charge in [0.1, 0.15) is 0 Å². The largest absolute Gasteiger partial charge is 0.337 e. The molecule has 2 N–H and O–H groups in total. The average molecular weight is 281 g/mol. The molecule has 0 saturated carbocycles. The maximum Gasteiger partial charge on any atom is 0.222 e. The summed E-state index contributed by atoms with van der Waals surface area (Å²) in [5.41, 5.74) is 5.57. The van der Waals surface area contributed by atoms with Crippen LogP contribution in [0.4, 0.5) is 0 Å². The fourth-order valence-corrected chi connectivity index (χ4v) is 3.64. The SMILES string of the molecule is CC(CCN)CCC(=O)N1CC2CCCCN2CC1C. The minimum atomic E-state index is 0.353. The van der Waals surface area contributed by atoms with Gasteiger partial charge in [-0.3, -0.25) is 9.69 Å². The lowest BCUT2D eigenvalue weighted by molar-refractivity contribution is -0.138. The highest BCUT2D eigenvalue weighted by Gasteiger charge is 2.34. The number of nitrogens with two attached hydrogens (primary N) is 1. The van der Waals surface area contributed by atoms with E-state index < -0.39 is 0 Å². The Morgan fingerprint density at radius 3 is 2.85 bits per heavy atom. The number of piperidine rings is 1. The topological polar surface area (TPSA) is 49.6 Å². The molecule has 4 heteroatoms. The van der Waals surface area contributed by atoms with Gasteiger partial charge in [-0.15, -0.1) is 0 Å². The molecule has 2 aliphatic rings. The van der Waals surface area contributed by atoms with E-state index in [0.717, 1.165) is 32.5 Å². The lowest BCUT2D eigenvalue weighted by Gasteiger charge is -2.47. The van der Waals surface area contributed by atoms with Crippen molar-refractivity contribution in [2.45, 2.75) is 64.5 Å². The summed E-state index contributed by atoms with van der Waals surface area (Å²) in [6.45, 7) is 8.37. The Morgan fingerprint density at radius 2 is 2.10 bits per heavy atom. The highest BCUT2D eigenvalue weighted by molar-refractivity contribution is 5.76. The summed E-state index contributed by atoms with van der Waals surface area (Å²) in [5.74, 6) is 0.918. The molecule has 4 nitrogen and oxygen atoms in total. The van der Waals surface area contributed by atoms with Crippen LogP contribution in [0.25, 0.3) is 0 Å². The maximum absolute atomic E-state index is 12.5. The second-order valence-electron chi connectivity index (χ2n) is 6.76. The van der Waals surface area contributed by atoms with Gasteiger partial charge in [0.2, 0.25) is 5.91 Å². The molecule has 0 aromatic carbocycles. The van der Waals surface area contributed by atoms with Crippen molar-refractivity contribution in [2.24, 2.45) is 11.7 Å². The van der Waals surface area contributed by atoms with E-state index in [1.54, 1.807) is 0 Å². The van der Waals surface area contributed by atoms with E-state index in [2.05, 4.69) is 23.6 Å². The first-order chi connectivity index (χ1) is 9.61. The Morgan fingerprint density at radius 1 is 1.30 bits per heavy atom. The summed E-state index contributed by atoms with van der Waals surface area (Å²) < 4.78 is 0. The van der Waals surface area contributed by atoms with E-state index in [-0.39, 0.29) is 0 Å². The molecular formula is C16H31N3O. The van der Waals surface area contributed by atoms with Crippen LogP contribution in [0.15, 0.2) is 0 Å². The van der Waals surface area contributed by atoms with Crippen LogP contribution in [0.3, 0.4) is 0 Å². The van der Waals surface area contributed by atoms with Gasteiger partial charge in [0.15, 0.2) is 0 Å². The molecule has 0 bridgehead atoms. The van der Waals surface area contributed by atoms with Crippen molar-refractivity contribution in [3.05, 3.63) is 0 Å². The number of carbonyl (C=O) groups excluding carboxylic acids is 1. The number of fused-ring (bicyclic) bond motifs is 1. The van der Waals surface area contributed by atoms with Gasteiger partial charge in [-0.1, -0.05) is 13.3 Å². The molecule has 2 heterocycles. The predicted molar refractivity (Wildman–Crippen MR) is 82.5 cm³/mol. The molecule has 2 rings (SSSR count). The zero-order valence-corrected chi connectivity index (χ0v) is 13.2. The fourth-order valence-electron chi connectivity index (χ4n) is 3.64. The normalized spacial score (nSPS) is 29.1. The zero-order valence-electron chi connectivity index (χ0n) is 13.2. The Labute approximate surface area is 123 Å². The first kappa shape index (κ1) is 15.8. The second-order valence-corrected chi connectivity index (χ2v) is 6.76. The highest BCUT2D eigenvalue weighted by Crippen LogP contribution is 2.25. The summed E-state index contributed by atoms with van der Waals surface area (Å²) in [5, 5.41) is 0. The first-order valence-corrected chi connectivity index (χ1v) is 8.35. The average Bonchev–Trinajstić information content (AvgIpc) is 2.44. The number of nitrogens with zero attached hydrogens (tertiary/aromatic N) is 2. The smallest absolute Gasteiger partial charge is 0.222 e. The number of hydrogen-bond acceptors (Lipinski definition) is 3. The minimum Gasteiger partial charge on any atom is -0.337 e. The van der Waals surface area contributed by atoms with Crippen LogP contribution in [-0.4, -0.2) is 54.0 Å². The lowest BCUT2D eigenvalue weighted by atomic mass is 9.96. The monoisotopic (exact) mass is 281 g/mol. The second kappa shape index (κ2) is 7.41. The standard InChI is InChI=1S/C16H31N3O/c1-13(8-9-17)6-7-16(20)19-12-15-5-3-4-10-18(15)11-14(19)2/h13-15H,3-12,17H2,1-2H3. The molecule has 2 saturated heterocycles. The van der Waals surface area contributed by atoms with Crippen molar-refractivity contribution < 1.29 is 4.79 Å². The van der Waals surface area contributed by atoms with Crippen molar-refractivity contribution >= 4 is 5.91 Å². The molecule has 0 spiro atoms. The molecule has 20 heavy (non-hydrogen) atoms. The predicted octanol–water partition coefficient (Wildman–Crippen LogP) is 1.84. The Bertz CT molecular complexity index is 321. The molecule has 3 atom stereocenters. The molecule has 1 amide bonds. The van der Waals surface area contributed by atoms with Crippen LogP contribution in [-0.2, 0) is 4.79 Å². The minimum absolute atomic E-state index is 0.353. The van der Waals surface area contributed by atoms with Crippen molar-refractivity contribution in [3.8, 4) is 0 Å². The Balaban J connectivity index is 1.82. The van der Waals surface area contributed by atoms with Gasteiger partial charge in [-0.05, 0) is 51.6 Å². The van der Waals surface area contributed by atoms with Crippen molar-refractivity contribution in [1.82, 2.24) is 9.80 Å². The molecule has 0 radical (unpaired) electrons. The number of amides is 1. The van der Waals surface area contributed by atoms with E-state index in [1.807, 2.05) is 0 Å². The van der Waals surface area contributed by atoms with Gasteiger partial charge in [0, 0.05) is 31.6 Å². The van der Waals surface area contributed by atoms with Gasteiger partial charge in [0.25, 0.3) is 0 Å². The fraction of sp³-hybridized carbons (Fsp3) is 0.938. The van der Waals surface area contributed by atoms with Crippen LogP contribution in [0.1, 0.15) is 52.4 Å². The maximum atomic E-state index is 12.5. The van der Waals surface area contributed by atoms with Gasteiger partial charge in [-0.2, -0.15) is 0 Å². The van der Waals surface area contributed by atoms with E-state index in [9.17, 15) is 4.79 Å². The number of hydrogen-bond donors (Lipinski definition) is 1. The van der Waals surface area contributed by atoms with Crippen LogP contribution in [0.5, 0.6) is 0 Å². The van der Waals surface area contributed by atoms with Crippen molar-refractivity contribution in [1.29, 1.82) is 0 Å². The quantitative estimate of drug-likeness (QED) is 0.836. The molecule has 116 valence electrons. The number of carbonyl (C=O) groups is 1. The summed E-state index contributed by atoms with van der Waals surface area (Å²) in [6.07, 6.45) is 6.62. The van der Waals surface area contributed by atoms with Gasteiger partial charge in [-0.25, -0.2) is 0 Å². The summed E-state index contributed by atoms with van der Waals surface area (Å²) >= 11 is 0. The molecule has 2 fully saturated rings. The van der Waals surface area contributed by atoms with Gasteiger partial charge >= 0.3 is 0 Å². The van der Waals surface area contributed by atoms with Gasteiger partial charge < -0.3 is 10.6 Å². The highest BCUT2D eigenvalue weighted by atomic mass is 16.2. The van der Waals surface area contributed by atoms with E-state index in [1.165, 1.54) is 25.8 Å². The van der Waals surface area contributed by atoms with Crippen molar-refractivity contribution in [2.75, 3.05) is 26.2 Å². The Hall–Kier alpha value is -0.610. The first-order valence-electron chi connectivity index (χ1n) is 8.35. The van der Waals surface area contributed by atoms with Crippen molar-refractivity contribution in [3.63, 3.8) is 0 Å². The summed E-state index contributed by atoms with van der Waals surface area (Å²) in [6, 6.07) is 0.993. The lowest BCUT2D eigenvalue weighted by Crippen LogP contribution is -2.60. The molecule has 3 unspecified atom stereocenters.